The lowest BCUT2D eigenvalue weighted by Gasteiger charge is -2.32. The number of likely N-dealkylation sites (tertiary alicyclic amines) is 1. The molecular weight excluding hydrogens is 330 g/mol. The maximum absolute atomic E-state index is 12.5. The minimum atomic E-state index is -0.0300. The number of carbonyl (C=O) groups is 1. The van der Waals surface area contributed by atoms with E-state index in [-0.39, 0.29) is 17.4 Å². The van der Waals surface area contributed by atoms with E-state index in [1.54, 1.807) is 18.3 Å². The Bertz CT molecular complexity index is 856. The molecule has 4 heterocycles. The van der Waals surface area contributed by atoms with Crippen LogP contribution in [0, 0.1) is 0 Å². The Morgan fingerprint density at radius 1 is 1.23 bits per heavy atom. The van der Waals surface area contributed by atoms with Gasteiger partial charge in [0.05, 0.1) is 5.69 Å². The van der Waals surface area contributed by atoms with Crippen molar-refractivity contribution < 1.29 is 4.79 Å². The van der Waals surface area contributed by atoms with Crippen molar-refractivity contribution in [1.29, 1.82) is 0 Å². The number of likely N-dealkylation sites (N-methyl/N-ethyl adjacent to an activating group) is 1. The van der Waals surface area contributed by atoms with Gasteiger partial charge in [-0.1, -0.05) is 6.07 Å². The van der Waals surface area contributed by atoms with Gasteiger partial charge in [0.2, 0.25) is 0 Å². The minimum absolute atomic E-state index is 0.00471. The summed E-state index contributed by atoms with van der Waals surface area (Å²) in [5.74, 6) is 0.930. The summed E-state index contributed by atoms with van der Waals surface area (Å²) >= 11 is 0. The Kier molecular flexibility index (Phi) is 4.55. The van der Waals surface area contributed by atoms with Gasteiger partial charge in [0, 0.05) is 43.9 Å². The number of fused-ring (bicyclic) bond motifs is 1. The molecule has 1 saturated heterocycles. The average Bonchev–Trinajstić information content (AvgIpc) is 2.68. The lowest BCUT2D eigenvalue weighted by Crippen LogP contribution is -2.39. The maximum Gasteiger partial charge on any atom is 0.272 e. The molecule has 0 atom stereocenters. The Morgan fingerprint density at radius 3 is 2.77 bits per heavy atom. The Labute approximate surface area is 152 Å². The first-order chi connectivity index (χ1) is 12.6. The monoisotopic (exact) mass is 353 g/mol. The van der Waals surface area contributed by atoms with Crippen molar-refractivity contribution in [3.8, 4) is 0 Å². The molecular formula is C19H23N5O2. The summed E-state index contributed by atoms with van der Waals surface area (Å²) in [5, 5.41) is 0. The number of nitrogens with zero attached hydrogens (tertiary/aromatic N) is 4. The van der Waals surface area contributed by atoms with Crippen LogP contribution in [-0.2, 0) is 13.0 Å². The molecule has 0 saturated carbocycles. The van der Waals surface area contributed by atoms with E-state index in [4.69, 9.17) is 4.98 Å². The molecule has 2 aromatic heterocycles. The van der Waals surface area contributed by atoms with Gasteiger partial charge in [-0.2, -0.15) is 0 Å². The standard InChI is InChI=1S/C19H23N5O2/c1-23-9-7-14-16(12-23)21-17(22-18(14)25)13-5-10-24(11-6-13)19(26)15-4-2-3-8-20-15/h2-4,8,13H,5-7,9-12H2,1H3,(H,21,22,25). The molecule has 0 radical (unpaired) electrons. The number of rotatable bonds is 2. The second kappa shape index (κ2) is 6.99. The first-order valence-electron chi connectivity index (χ1n) is 9.12. The normalized spacial score (nSPS) is 18.6. The van der Waals surface area contributed by atoms with E-state index in [9.17, 15) is 9.59 Å². The lowest BCUT2D eigenvalue weighted by molar-refractivity contribution is 0.0705. The summed E-state index contributed by atoms with van der Waals surface area (Å²) in [7, 11) is 2.05. The van der Waals surface area contributed by atoms with Gasteiger partial charge in [-0.25, -0.2) is 4.98 Å². The number of pyridine rings is 1. The quantitative estimate of drug-likeness (QED) is 0.876. The number of aromatic nitrogens is 3. The van der Waals surface area contributed by atoms with Crippen LogP contribution in [0.4, 0.5) is 0 Å². The largest absolute Gasteiger partial charge is 0.337 e. The second-order valence-electron chi connectivity index (χ2n) is 7.15. The summed E-state index contributed by atoms with van der Waals surface area (Å²) in [6.07, 6.45) is 4.00. The Morgan fingerprint density at radius 2 is 2.04 bits per heavy atom. The van der Waals surface area contributed by atoms with E-state index in [1.807, 2.05) is 18.0 Å². The van der Waals surface area contributed by atoms with Crippen LogP contribution in [-0.4, -0.2) is 57.3 Å². The fourth-order valence-corrected chi connectivity index (χ4v) is 3.79. The van der Waals surface area contributed by atoms with Crippen LogP contribution in [0.25, 0.3) is 0 Å². The third kappa shape index (κ3) is 3.26. The van der Waals surface area contributed by atoms with E-state index in [0.717, 1.165) is 49.4 Å². The Hall–Kier alpha value is -2.54. The predicted molar refractivity (Wildman–Crippen MR) is 97.0 cm³/mol. The second-order valence-corrected chi connectivity index (χ2v) is 7.15. The zero-order valence-electron chi connectivity index (χ0n) is 14.9. The number of aromatic amines is 1. The third-order valence-corrected chi connectivity index (χ3v) is 5.34. The van der Waals surface area contributed by atoms with Gasteiger partial charge in [0.15, 0.2) is 0 Å². The molecule has 0 bridgehead atoms. The van der Waals surface area contributed by atoms with E-state index in [0.29, 0.717) is 18.8 Å². The molecule has 0 spiro atoms. The van der Waals surface area contributed by atoms with Gasteiger partial charge < -0.3 is 14.8 Å². The van der Waals surface area contributed by atoms with Crippen molar-refractivity contribution in [2.45, 2.75) is 31.7 Å². The Balaban J connectivity index is 1.47. The van der Waals surface area contributed by atoms with Gasteiger partial charge in [-0.15, -0.1) is 0 Å². The van der Waals surface area contributed by atoms with Crippen LogP contribution in [0.15, 0.2) is 29.2 Å². The van der Waals surface area contributed by atoms with Crippen molar-refractivity contribution in [1.82, 2.24) is 24.8 Å². The molecule has 0 unspecified atom stereocenters. The number of nitrogens with one attached hydrogen (secondary N) is 1. The van der Waals surface area contributed by atoms with Crippen molar-refractivity contribution in [2.24, 2.45) is 0 Å². The van der Waals surface area contributed by atoms with Crippen LogP contribution in [0.1, 0.15) is 46.3 Å². The molecule has 2 aliphatic rings. The SMILES string of the molecule is CN1CCc2c(nc(C3CCN(C(=O)c4ccccn4)CC3)[nH]c2=O)C1. The topological polar surface area (TPSA) is 82.2 Å². The fraction of sp³-hybridized carbons (Fsp3) is 0.474. The molecule has 1 N–H and O–H groups in total. The summed E-state index contributed by atoms with van der Waals surface area (Å²) in [5.41, 5.74) is 2.22. The number of piperidine rings is 1. The molecule has 2 aliphatic heterocycles. The lowest BCUT2D eigenvalue weighted by atomic mass is 9.95. The molecule has 1 fully saturated rings. The summed E-state index contributed by atoms with van der Waals surface area (Å²) < 4.78 is 0. The third-order valence-electron chi connectivity index (χ3n) is 5.34. The van der Waals surface area contributed by atoms with E-state index in [1.165, 1.54) is 0 Å². The highest BCUT2D eigenvalue weighted by atomic mass is 16.2. The van der Waals surface area contributed by atoms with E-state index in [2.05, 4.69) is 14.9 Å². The molecule has 2 aromatic rings. The van der Waals surface area contributed by atoms with Gasteiger partial charge in [-0.05, 0) is 38.4 Å². The average molecular weight is 353 g/mol. The zero-order chi connectivity index (χ0) is 18.1. The van der Waals surface area contributed by atoms with Crippen molar-refractivity contribution in [2.75, 3.05) is 26.7 Å². The first-order valence-corrected chi connectivity index (χ1v) is 9.12. The number of carbonyl (C=O) groups excluding carboxylic acids is 1. The van der Waals surface area contributed by atoms with Gasteiger partial charge >= 0.3 is 0 Å². The zero-order valence-corrected chi connectivity index (χ0v) is 14.9. The number of hydrogen-bond acceptors (Lipinski definition) is 5. The number of hydrogen-bond donors (Lipinski definition) is 1. The minimum Gasteiger partial charge on any atom is -0.337 e. The van der Waals surface area contributed by atoms with Crippen LogP contribution < -0.4 is 5.56 Å². The molecule has 0 aromatic carbocycles. The van der Waals surface area contributed by atoms with Crippen molar-refractivity contribution in [3.63, 3.8) is 0 Å². The summed E-state index contributed by atoms with van der Waals surface area (Å²) in [4.78, 5) is 40.8. The maximum atomic E-state index is 12.5. The van der Waals surface area contributed by atoms with E-state index < -0.39 is 0 Å². The first kappa shape index (κ1) is 16.9. The summed E-state index contributed by atoms with van der Waals surface area (Å²) in [6, 6.07) is 5.37. The van der Waals surface area contributed by atoms with Crippen LogP contribution in [0.3, 0.4) is 0 Å². The van der Waals surface area contributed by atoms with E-state index >= 15 is 0 Å². The van der Waals surface area contributed by atoms with Crippen LogP contribution in [0.5, 0.6) is 0 Å². The fourth-order valence-electron chi connectivity index (χ4n) is 3.79. The molecule has 0 aliphatic carbocycles. The van der Waals surface area contributed by atoms with Crippen molar-refractivity contribution >= 4 is 5.91 Å². The molecule has 7 heteroatoms. The van der Waals surface area contributed by atoms with Crippen LogP contribution >= 0.6 is 0 Å². The highest BCUT2D eigenvalue weighted by Crippen LogP contribution is 2.26. The highest BCUT2D eigenvalue weighted by molar-refractivity contribution is 5.92. The molecule has 136 valence electrons. The number of H-pyrrole nitrogens is 1. The predicted octanol–water partition coefficient (Wildman–Crippen LogP) is 1.17. The highest BCUT2D eigenvalue weighted by Gasteiger charge is 2.28. The van der Waals surface area contributed by atoms with Gasteiger partial charge in [-0.3, -0.25) is 14.6 Å². The molecule has 7 nitrogen and oxygen atoms in total. The molecule has 4 rings (SSSR count). The summed E-state index contributed by atoms with van der Waals surface area (Å²) in [6.45, 7) is 2.93. The number of amides is 1. The molecule has 1 amide bonds. The van der Waals surface area contributed by atoms with Gasteiger partial charge in [0.25, 0.3) is 11.5 Å². The van der Waals surface area contributed by atoms with Gasteiger partial charge in [0.1, 0.15) is 11.5 Å². The smallest absolute Gasteiger partial charge is 0.272 e. The molecule has 26 heavy (non-hydrogen) atoms. The van der Waals surface area contributed by atoms with Crippen molar-refractivity contribution in [3.05, 3.63) is 57.5 Å². The van der Waals surface area contributed by atoms with Crippen LogP contribution in [0.2, 0.25) is 0 Å².